The summed E-state index contributed by atoms with van der Waals surface area (Å²) in [5.41, 5.74) is 4.48. The molecule has 0 aliphatic carbocycles. The number of hydrogen-bond donors (Lipinski definition) is 1. The summed E-state index contributed by atoms with van der Waals surface area (Å²) in [5, 5.41) is 10.5. The second-order valence-corrected chi connectivity index (χ2v) is 6.39. The molecule has 0 saturated heterocycles. The van der Waals surface area contributed by atoms with Gasteiger partial charge in [-0.25, -0.2) is 9.13 Å². The van der Waals surface area contributed by atoms with Crippen molar-refractivity contribution in [3.05, 3.63) is 59.4 Å². The molecule has 0 aliphatic heterocycles. The minimum atomic E-state index is -0.571. The summed E-state index contributed by atoms with van der Waals surface area (Å²) in [5.74, 6) is 1.98. The number of ether oxygens (including phenoxy) is 1. The Balaban J connectivity index is 1.76. The third kappa shape index (κ3) is 3.02. The van der Waals surface area contributed by atoms with Crippen LogP contribution in [0.4, 0.5) is 0 Å². The van der Waals surface area contributed by atoms with Crippen molar-refractivity contribution in [1.82, 2.24) is 4.57 Å². The smallest absolute Gasteiger partial charge is 0.254 e. The molecule has 0 aliphatic rings. The fourth-order valence-electron chi connectivity index (χ4n) is 3.21. The SMILES string of the molecule is Cc1cccc(C)c1OC[C@@H](O)Cn1c(C)[n+](C)c2ccccc21. The Morgan fingerprint density at radius 2 is 1.71 bits per heavy atom. The number of benzene rings is 2. The van der Waals surface area contributed by atoms with Crippen LogP contribution in [-0.4, -0.2) is 22.4 Å². The van der Waals surface area contributed by atoms with Crippen molar-refractivity contribution < 1.29 is 14.4 Å². The van der Waals surface area contributed by atoms with Crippen molar-refractivity contribution >= 4 is 11.0 Å². The highest BCUT2D eigenvalue weighted by molar-refractivity contribution is 5.72. The lowest BCUT2D eigenvalue weighted by molar-refractivity contribution is -0.652. The molecule has 2 aromatic carbocycles. The lowest BCUT2D eigenvalue weighted by atomic mass is 10.1. The number of nitrogens with zero attached hydrogens (tertiary/aromatic N) is 2. The minimum absolute atomic E-state index is 0.279. The van der Waals surface area contributed by atoms with Crippen LogP contribution in [0.25, 0.3) is 11.0 Å². The van der Waals surface area contributed by atoms with Gasteiger partial charge in [0.05, 0.1) is 7.05 Å². The van der Waals surface area contributed by atoms with E-state index in [2.05, 4.69) is 28.2 Å². The molecule has 1 heterocycles. The predicted octanol–water partition coefficient (Wildman–Crippen LogP) is 2.83. The lowest BCUT2D eigenvalue weighted by Crippen LogP contribution is -2.32. The second-order valence-electron chi connectivity index (χ2n) is 6.39. The van der Waals surface area contributed by atoms with Crippen molar-refractivity contribution in [1.29, 1.82) is 0 Å². The maximum Gasteiger partial charge on any atom is 0.254 e. The van der Waals surface area contributed by atoms with E-state index in [9.17, 15) is 5.11 Å². The minimum Gasteiger partial charge on any atom is -0.490 e. The van der Waals surface area contributed by atoms with Crippen LogP contribution in [0.5, 0.6) is 5.75 Å². The third-order valence-corrected chi connectivity index (χ3v) is 4.63. The average molecular weight is 325 g/mol. The lowest BCUT2D eigenvalue weighted by Gasteiger charge is -2.15. The molecule has 0 bridgehead atoms. The van der Waals surface area contributed by atoms with Gasteiger partial charge in [0.1, 0.15) is 25.0 Å². The fourth-order valence-corrected chi connectivity index (χ4v) is 3.21. The number of para-hydroxylation sites is 3. The first-order valence-electron chi connectivity index (χ1n) is 8.30. The standard InChI is InChI=1S/C20H25N2O2/c1-14-8-7-9-15(2)20(14)24-13-17(23)12-22-16(3)21(4)18-10-5-6-11-19(18)22/h5-11,17,23H,12-13H2,1-4H3/q+1/t17-/m0/s1. The Bertz CT molecular complexity index is 847. The molecule has 126 valence electrons. The first-order valence-corrected chi connectivity index (χ1v) is 8.30. The molecular weight excluding hydrogens is 300 g/mol. The van der Waals surface area contributed by atoms with Crippen molar-refractivity contribution in [2.45, 2.75) is 33.4 Å². The second kappa shape index (κ2) is 6.65. The molecule has 0 amide bonds. The highest BCUT2D eigenvalue weighted by atomic mass is 16.5. The van der Waals surface area contributed by atoms with E-state index >= 15 is 0 Å². The van der Waals surface area contributed by atoms with Gasteiger partial charge in [-0.05, 0) is 37.1 Å². The van der Waals surface area contributed by atoms with Crippen LogP contribution in [-0.2, 0) is 13.6 Å². The first-order chi connectivity index (χ1) is 11.5. The Labute approximate surface area is 142 Å². The van der Waals surface area contributed by atoms with Crippen LogP contribution in [0.15, 0.2) is 42.5 Å². The quantitative estimate of drug-likeness (QED) is 0.733. The van der Waals surface area contributed by atoms with E-state index in [0.29, 0.717) is 6.54 Å². The summed E-state index contributed by atoms with van der Waals surface area (Å²) in [6.45, 7) is 6.91. The molecule has 1 aromatic heterocycles. The van der Waals surface area contributed by atoms with E-state index < -0.39 is 6.10 Å². The van der Waals surface area contributed by atoms with Gasteiger partial charge in [-0.3, -0.25) is 0 Å². The number of rotatable bonds is 5. The van der Waals surface area contributed by atoms with Crippen LogP contribution < -0.4 is 9.30 Å². The Morgan fingerprint density at radius 1 is 1.04 bits per heavy atom. The predicted molar refractivity (Wildman–Crippen MR) is 95.3 cm³/mol. The summed E-state index contributed by atoms with van der Waals surface area (Å²) in [6.07, 6.45) is -0.571. The zero-order chi connectivity index (χ0) is 17.3. The zero-order valence-corrected chi connectivity index (χ0v) is 14.8. The third-order valence-electron chi connectivity index (χ3n) is 4.63. The highest BCUT2D eigenvalue weighted by Crippen LogP contribution is 2.22. The van der Waals surface area contributed by atoms with Crippen LogP contribution in [0.1, 0.15) is 17.0 Å². The van der Waals surface area contributed by atoms with Gasteiger partial charge in [-0.1, -0.05) is 30.3 Å². The molecule has 3 aromatic rings. The summed E-state index contributed by atoms with van der Waals surface area (Å²) in [4.78, 5) is 0. The number of imidazole rings is 1. The fraction of sp³-hybridized carbons (Fsp3) is 0.350. The molecule has 1 N–H and O–H groups in total. The van der Waals surface area contributed by atoms with Gasteiger partial charge in [0.2, 0.25) is 0 Å². The Hall–Kier alpha value is -2.33. The summed E-state index contributed by atoms with van der Waals surface area (Å²) in [6, 6.07) is 14.3. The van der Waals surface area contributed by atoms with Crippen LogP contribution in [0.3, 0.4) is 0 Å². The number of hydrogen-bond acceptors (Lipinski definition) is 2. The number of aliphatic hydroxyl groups excluding tert-OH is 1. The molecular formula is C20H25N2O2+. The topological polar surface area (TPSA) is 38.3 Å². The molecule has 0 saturated carbocycles. The van der Waals surface area contributed by atoms with Crippen molar-refractivity contribution in [2.24, 2.45) is 7.05 Å². The first kappa shape index (κ1) is 16.5. The Morgan fingerprint density at radius 3 is 2.42 bits per heavy atom. The highest BCUT2D eigenvalue weighted by Gasteiger charge is 2.21. The normalized spacial score (nSPS) is 12.5. The summed E-state index contributed by atoms with van der Waals surface area (Å²) in [7, 11) is 2.05. The van der Waals surface area contributed by atoms with Crippen LogP contribution in [0, 0.1) is 20.8 Å². The largest absolute Gasteiger partial charge is 0.490 e. The summed E-state index contributed by atoms with van der Waals surface area (Å²) >= 11 is 0. The molecule has 0 radical (unpaired) electrons. The maximum atomic E-state index is 10.5. The van der Waals surface area contributed by atoms with E-state index in [-0.39, 0.29) is 6.61 Å². The van der Waals surface area contributed by atoms with Gasteiger partial charge in [-0.2, -0.15) is 0 Å². The van der Waals surface area contributed by atoms with Gasteiger partial charge in [0, 0.05) is 6.92 Å². The number of fused-ring (bicyclic) bond motifs is 1. The van der Waals surface area contributed by atoms with Gasteiger partial charge >= 0.3 is 0 Å². The van der Waals surface area contributed by atoms with Gasteiger partial charge < -0.3 is 9.84 Å². The average Bonchev–Trinajstić information content (AvgIpc) is 2.80. The molecule has 1 atom stereocenters. The molecule has 24 heavy (non-hydrogen) atoms. The Kier molecular flexibility index (Phi) is 4.58. The van der Waals surface area contributed by atoms with Crippen molar-refractivity contribution in [2.75, 3.05) is 6.61 Å². The molecule has 3 rings (SSSR count). The molecule has 0 unspecified atom stereocenters. The number of aliphatic hydroxyl groups is 1. The molecule has 4 heteroatoms. The van der Waals surface area contributed by atoms with E-state index in [1.54, 1.807) is 0 Å². The zero-order valence-electron chi connectivity index (χ0n) is 14.8. The monoisotopic (exact) mass is 325 g/mol. The molecule has 0 fully saturated rings. The van der Waals surface area contributed by atoms with Crippen LogP contribution in [0.2, 0.25) is 0 Å². The van der Waals surface area contributed by atoms with Gasteiger partial charge in [0.25, 0.3) is 5.82 Å². The molecule has 0 spiro atoms. The van der Waals surface area contributed by atoms with Crippen molar-refractivity contribution in [3.8, 4) is 5.75 Å². The summed E-state index contributed by atoms with van der Waals surface area (Å²) < 4.78 is 10.2. The van der Waals surface area contributed by atoms with E-state index in [1.807, 2.05) is 51.2 Å². The van der Waals surface area contributed by atoms with E-state index in [0.717, 1.165) is 33.7 Å². The maximum absolute atomic E-state index is 10.5. The van der Waals surface area contributed by atoms with Crippen LogP contribution >= 0.6 is 0 Å². The van der Waals surface area contributed by atoms with Crippen molar-refractivity contribution in [3.63, 3.8) is 0 Å². The number of aromatic nitrogens is 2. The van der Waals surface area contributed by atoms with Gasteiger partial charge in [0.15, 0.2) is 11.0 Å². The number of aryl methyl sites for hydroxylation is 3. The van der Waals surface area contributed by atoms with E-state index in [4.69, 9.17) is 4.74 Å². The van der Waals surface area contributed by atoms with E-state index in [1.165, 1.54) is 0 Å². The van der Waals surface area contributed by atoms with Gasteiger partial charge in [-0.15, -0.1) is 0 Å². The molecule has 4 nitrogen and oxygen atoms in total.